The molecule has 0 spiro atoms. The third-order valence-electron chi connectivity index (χ3n) is 4.18. The van der Waals surface area contributed by atoms with Crippen molar-refractivity contribution in [2.45, 2.75) is 45.6 Å². The second-order valence-electron chi connectivity index (χ2n) is 5.70. The maximum atomic E-state index is 10.3. The average molecular weight is 218 g/mol. The molecule has 2 rings (SSSR count). The highest BCUT2D eigenvalue weighted by Gasteiger charge is 2.47. The molecule has 3 unspecified atom stereocenters. The van der Waals surface area contributed by atoms with Crippen LogP contribution in [0.15, 0.2) is 30.3 Å². The maximum Gasteiger partial charge on any atom is 0.0625 e. The van der Waals surface area contributed by atoms with E-state index in [9.17, 15) is 5.11 Å². The van der Waals surface area contributed by atoms with Crippen molar-refractivity contribution >= 4 is 0 Å². The van der Waals surface area contributed by atoms with Crippen LogP contribution in [0.3, 0.4) is 0 Å². The first kappa shape index (κ1) is 11.7. The van der Waals surface area contributed by atoms with E-state index in [1.165, 1.54) is 5.56 Å². The Kier molecular flexibility index (Phi) is 3.07. The van der Waals surface area contributed by atoms with E-state index in [1.807, 2.05) is 6.07 Å². The average Bonchev–Trinajstić information content (AvgIpc) is 3.09. The fourth-order valence-electron chi connectivity index (χ4n) is 2.44. The molecule has 1 N–H and O–H groups in total. The molecule has 3 atom stereocenters. The fraction of sp³-hybridized carbons (Fsp3) is 0.600. The number of rotatable bonds is 4. The van der Waals surface area contributed by atoms with E-state index < -0.39 is 0 Å². The zero-order valence-electron chi connectivity index (χ0n) is 10.5. The normalized spacial score (nSPS) is 26.5. The molecule has 0 heterocycles. The van der Waals surface area contributed by atoms with Crippen molar-refractivity contribution in [1.29, 1.82) is 0 Å². The monoisotopic (exact) mass is 218 g/mol. The van der Waals surface area contributed by atoms with E-state index in [4.69, 9.17) is 0 Å². The van der Waals surface area contributed by atoms with Crippen molar-refractivity contribution in [3.63, 3.8) is 0 Å². The number of benzene rings is 1. The Balaban J connectivity index is 2.02. The number of aliphatic hydroxyl groups is 1. The predicted molar refractivity (Wildman–Crippen MR) is 67.4 cm³/mol. The van der Waals surface area contributed by atoms with Gasteiger partial charge in [-0.25, -0.2) is 0 Å². The molecule has 1 saturated carbocycles. The van der Waals surface area contributed by atoms with E-state index >= 15 is 0 Å². The van der Waals surface area contributed by atoms with Crippen LogP contribution in [0, 0.1) is 11.3 Å². The summed E-state index contributed by atoms with van der Waals surface area (Å²) < 4.78 is 0. The lowest BCUT2D eigenvalue weighted by atomic mass is 9.81. The molecule has 1 aromatic rings. The highest BCUT2D eigenvalue weighted by Crippen LogP contribution is 2.53. The summed E-state index contributed by atoms with van der Waals surface area (Å²) in [7, 11) is 0. The second kappa shape index (κ2) is 4.21. The highest BCUT2D eigenvalue weighted by molar-refractivity contribution is 5.26. The quantitative estimate of drug-likeness (QED) is 0.819. The molecule has 0 bridgehead atoms. The standard InChI is InChI=1S/C15H22O/c1-4-15(2,3)14(16)13-10-12(13)11-8-6-5-7-9-11/h5-9,12-14,16H,4,10H2,1-3H3. The third-order valence-corrected chi connectivity index (χ3v) is 4.18. The topological polar surface area (TPSA) is 20.2 Å². The van der Waals surface area contributed by atoms with E-state index in [0.29, 0.717) is 11.8 Å². The largest absolute Gasteiger partial charge is 0.392 e. The Morgan fingerprint density at radius 3 is 2.50 bits per heavy atom. The van der Waals surface area contributed by atoms with E-state index in [2.05, 4.69) is 45.0 Å². The Hall–Kier alpha value is -0.820. The van der Waals surface area contributed by atoms with Gasteiger partial charge < -0.3 is 5.11 Å². The maximum absolute atomic E-state index is 10.3. The SMILES string of the molecule is CCC(C)(C)C(O)C1CC1c1ccccc1. The minimum absolute atomic E-state index is 0.0498. The van der Waals surface area contributed by atoms with Gasteiger partial charge in [0.25, 0.3) is 0 Å². The molecule has 0 aromatic heterocycles. The smallest absolute Gasteiger partial charge is 0.0625 e. The molecular weight excluding hydrogens is 196 g/mol. The summed E-state index contributed by atoms with van der Waals surface area (Å²) in [5, 5.41) is 10.3. The van der Waals surface area contributed by atoms with Gasteiger partial charge in [-0.2, -0.15) is 0 Å². The van der Waals surface area contributed by atoms with Gasteiger partial charge in [0.2, 0.25) is 0 Å². The van der Waals surface area contributed by atoms with E-state index in [1.54, 1.807) is 0 Å². The van der Waals surface area contributed by atoms with Gasteiger partial charge in [-0.3, -0.25) is 0 Å². The minimum Gasteiger partial charge on any atom is -0.392 e. The molecular formula is C15H22O. The summed E-state index contributed by atoms with van der Waals surface area (Å²) in [6.45, 7) is 6.49. The van der Waals surface area contributed by atoms with Crippen LogP contribution >= 0.6 is 0 Å². The van der Waals surface area contributed by atoms with E-state index in [0.717, 1.165) is 12.8 Å². The van der Waals surface area contributed by atoms with Gasteiger partial charge >= 0.3 is 0 Å². The van der Waals surface area contributed by atoms with Crippen LogP contribution in [0.1, 0.15) is 45.1 Å². The Labute approximate surface area is 98.5 Å². The molecule has 88 valence electrons. The van der Waals surface area contributed by atoms with Gasteiger partial charge in [0.1, 0.15) is 0 Å². The van der Waals surface area contributed by atoms with Crippen LogP contribution in [0.4, 0.5) is 0 Å². The summed E-state index contributed by atoms with van der Waals surface area (Å²) >= 11 is 0. The lowest BCUT2D eigenvalue weighted by Crippen LogP contribution is -2.30. The fourth-order valence-corrected chi connectivity index (χ4v) is 2.44. The summed E-state index contributed by atoms with van der Waals surface area (Å²) in [6.07, 6.45) is 2.02. The van der Waals surface area contributed by atoms with Gasteiger partial charge in [0, 0.05) is 0 Å². The molecule has 1 aliphatic rings. The van der Waals surface area contributed by atoms with Crippen molar-refractivity contribution in [3.05, 3.63) is 35.9 Å². The lowest BCUT2D eigenvalue weighted by Gasteiger charge is -2.29. The van der Waals surface area contributed by atoms with Crippen molar-refractivity contribution in [2.24, 2.45) is 11.3 Å². The van der Waals surface area contributed by atoms with Crippen molar-refractivity contribution in [3.8, 4) is 0 Å². The molecule has 0 saturated heterocycles. The van der Waals surface area contributed by atoms with Crippen LogP contribution in [-0.2, 0) is 0 Å². The van der Waals surface area contributed by atoms with Crippen molar-refractivity contribution < 1.29 is 5.11 Å². The number of hydrogen-bond acceptors (Lipinski definition) is 1. The van der Waals surface area contributed by atoms with Gasteiger partial charge in [0.15, 0.2) is 0 Å². The molecule has 16 heavy (non-hydrogen) atoms. The molecule has 0 aliphatic heterocycles. The van der Waals surface area contributed by atoms with E-state index in [-0.39, 0.29) is 11.5 Å². The lowest BCUT2D eigenvalue weighted by molar-refractivity contribution is 0.0278. The molecule has 1 aromatic carbocycles. The minimum atomic E-state index is -0.164. The van der Waals surface area contributed by atoms with Crippen LogP contribution in [0.25, 0.3) is 0 Å². The van der Waals surface area contributed by atoms with Gasteiger partial charge in [-0.15, -0.1) is 0 Å². The molecule has 1 fully saturated rings. The van der Waals surface area contributed by atoms with Crippen LogP contribution < -0.4 is 0 Å². The molecule has 0 amide bonds. The number of aliphatic hydroxyl groups excluding tert-OH is 1. The second-order valence-corrected chi connectivity index (χ2v) is 5.70. The van der Waals surface area contributed by atoms with Crippen LogP contribution in [-0.4, -0.2) is 11.2 Å². The molecule has 1 aliphatic carbocycles. The van der Waals surface area contributed by atoms with Gasteiger partial charge in [-0.1, -0.05) is 51.1 Å². The Morgan fingerprint density at radius 2 is 1.94 bits per heavy atom. The van der Waals surface area contributed by atoms with Gasteiger partial charge in [0.05, 0.1) is 6.10 Å². The first-order valence-electron chi connectivity index (χ1n) is 6.29. The summed E-state index contributed by atoms with van der Waals surface area (Å²) in [5.41, 5.74) is 1.44. The summed E-state index contributed by atoms with van der Waals surface area (Å²) in [5.74, 6) is 1.05. The Bertz CT molecular complexity index is 342. The predicted octanol–water partition coefficient (Wildman–Crippen LogP) is 3.59. The van der Waals surface area contributed by atoms with Crippen molar-refractivity contribution in [2.75, 3.05) is 0 Å². The van der Waals surface area contributed by atoms with Crippen LogP contribution in [0.2, 0.25) is 0 Å². The van der Waals surface area contributed by atoms with Crippen molar-refractivity contribution in [1.82, 2.24) is 0 Å². The van der Waals surface area contributed by atoms with Gasteiger partial charge in [-0.05, 0) is 35.7 Å². The number of hydrogen-bond donors (Lipinski definition) is 1. The summed E-state index contributed by atoms with van der Waals surface area (Å²) in [4.78, 5) is 0. The first-order chi connectivity index (χ1) is 7.56. The Morgan fingerprint density at radius 1 is 1.31 bits per heavy atom. The first-order valence-corrected chi connectivity index (χ1v) is 6.29. The zero-order chi connectivity index (χ0) is 11.8. The zero-order valence-corrected chi connectivity index (χ0v) is 10.5. The molecule has 1 heteroatoms. The van der Waals surface area contributed by atoms with Crippen LogP contribution in [0.5, 0.6) is 0 Å². The molecule has 0 radical (unpaired) electrons. The third kappa shape index (κ3) is 2.15. The highest BCUT2D eigenvalue weighted by atomic mass is 16.3. The summed E-state index contributed by atoms with van der Waals surface area (Å²) in [6, 6.07) is 10.6. The molecule has 1 nitrogen and oxygen atoms in total.